The fraction of sp³-hybridized carbons (Fsp3) is 0.533. The molecule has 0 saturated heterocycles. The van der Waals surface area contributed by atoms with Crippen LogP contribution in [0.3, 0.4) is 0 Å². The number of hydrogen-bond donors (Lipinski definition) is 1. The third-order valence-corrected chi connectivity index (χ3v) is 3.25. The minimum Gasteiger partial charge on any atom is -0.625 e. The van der Waals surface area contributed by atoms with Crippen LogP contribution in [0.1, 0.15) is 52.0 Å². The zero-order valence-corrected chi connectivity index (χ0v) is 11.1. The van der Waals surface area contributed by atoms with Crippen LogP contribution in [0.4, 0.5) is 0 Å². The summed E-state index contributed by atoms with van der Waals surface area (Å²) < 4.78 is 0. The lowest BCUT2D eigenvalue weighted by atomic mass is 9.79. The number of benzene rings is 1. The van der Waals surface area contributed by atoms with Crippen molar-refractivity contribution in [3.63, 3.8) is 0 Å². The van der Waals surface area contributed by atoms with Crippen LogP contribution in [0.15, 0.2) is 30.3 Å². The minimum absolute atomic E-state index is 0.0850. The molecule has 1 rings (SSSR count). The lowest BCUT2D eigenvalue weighted by Gasteiger charge is -2.23. The van der Waals surface area contributed by atoms with E-state index in [1.165, 1.54) is 19.3 Å². The highest BCUT2D eigenvalue weighted by molar-refractivity contribution is 6.00. The summed E-state index contributed by atoms with van der Waals surface area (Å²) in [7, 11) is 0. The number of unbranched alkanes of at least 4 members (excludes halogenated alkanes) is 2. The van der Waals surface area contributed by atoms with E-state index in [1.807, 2.05) is 30.3 Å². The van der Waals surface area contributed by atoms with Gasteiger partial charge in [-0.2, -0.15) is 0 Å². The molecular formula is C15H23NO. The maximum atomic E-state index is 11.2. The molecule has 0 aromatic heterocycles. The SMILES string of the molecule is CCCCCC(C)(C)C(=[NH+][O-])c1ccccc1. The standard InChI is InChI=1S/C15H23NO/c1-4-5-9-12-15(2,3)14(16-17)13-10-7-6-8-11-13/h6-8,10-11,16H,4-5,9,12H2,1-3H3. The molecule has 2 heteroatoms. The first-order valence-corrected chi connectivity index (χ1v) is 6.43. The lowest BCUT2D eigenvalue weighted by molar-refractivity contribution is -0.378. The van der Waals surface area contributed by atoms with E-state index in [4.69, 9.17) is 0 Å². The third kappa shape index (κ3) is 3.88. The number of rotatable bonds is 6. The molecule has 0 aliphatic carbocycles. The monoisotopic (exact) mass is 233 g/mol. The van der Waals surface area contributed by atoms with Crippen LogP contribution in [-0.2, 0) is 0 Å². The van der Waals surface area contributed by atoms with Gasteiger partial charge in [-0.15, -0.1) is 0 Å². The molecule has 94 valence electrons. The second-order valence-corrected chi connectivity index (χ2v) is 5.18. The highest BCUT2D eigenvalue weighted by Gasteiger charge is 2.30. The molecule has 0 unspecified atom stereocenters. The Kier molecular flexibility index (Phi) is 5.20. The van der Waals surface area contributed by atoms with Crippen LogP contribution in [0, 0.1) is 10.6 Å². The maximum Gasteiger partial charge on any atom is 0.198 e. The van der Waals surface area contributed by atoms with Gasteiger partial charge in [0.25, 0.3) is 0 Å². The lowest BCUT2D eigenvalue weighted by Crippen LogP contribution is -2.69. The van der Waals surface area contributed by atoms with E-state index in [2.05, 4.69) is 25.9 Å². The summed E-state index contributed by atoms with van der Waals surface area (Å²) >= 11 is 0. The van der Waals surface area contributed by atoms with Crippen molar-refractivity contribution in [2.45, 2.75) is 46.5 Å². The van der Waals surface area contributed by atoms with Crippen molar-refractivity contribution in [1.29, 1.82) is 0 Å². The average Bonchev–Trinajstić information content (AvgIpc) is 2.31. The Hall–Kier alpha value is -1.31. The molecule has 0 aliphatic heterocycles. The third-order valence-electron chi connectivity index (χ3n) is 3.25. The molecule has 17 heavy (non-hydrogen) atoms. The predicted octanol–water partition coefficient (Wildman–Crippen LogP) is 2.66. The normalized spacial score (nSPS) is 12.8. The Balaban J connectivity index is 2.80. The number of nitrogens with one attached hydrogen (secondary N) is 1. The van der Waals surface area contributed by atoms with Gasteiger partial charge >= 0.3 is 0 Å². The van der Waals surface area contributed by atoms with Gasteiger partial charge < -0.3 is 5.21 Å². The van der Waals surface area contributed by atoms with Gasteiger partial charge in [0.2, 0.25) is 0 Å². The van der Waals surface area contributed by atoms with E-state index in [0.29, 0.717) is 0 Å². The second kappa shape index (κ2) is 6.43. The van der Waals surface area contributed by atoms with Crippen LogP contribution < -0.4 is 5.16 Å². The molecule has 0 amide bonds. The fourth-order valence-corrected chi connectivity index (χ4v) is 2.13. The molecule has 0 bridgehead atoms. The van der Waals surface area contributed by atoms with Gasteiger partial charge in [0, 0.05) is 5.56 Å². The zero-order chi connectivity index (χ0) is 12.7. The molecular weight excluding hydrogens is 210 g/mol. The molecule has 0 aliphatic rings. The summed E-state index contributed by atoms with van der Waals surface area (Å²) in [5, 5.41) is 13.4. The Morgan fingerprint density at radius 2 is 1.82 bits per heavy atom. The van der Waals surface area contributed by atoms with Gasteiger partial charge in [0.15, 0.2) is 5.71 Å². The molecule has 0 heterocycles. The van der Waals surface area contributed by atoms with E-state index in [9.17, 15) is 5.21 Å². The summed E-state index contributed by atoms with van der Waals surface area (Å²) in [5.74, 6) is 0. The largest absolute Gasteiger partial charge is 0.625 e. The van der Waals surface area contributed by atoms with Gasteiger partial charge in [0.1, 0.15) is 0 Å². The predicted molar refractivity (Wildman–Crippen MR) is 72.8 cm³/mol. The van der Waals surface area contributed by atoms with Crippen molar-refractivity contribution in [3.8, 4) is 0 Å². The molecule has 0 fully saturated rings. The van der Waals surface area contributed by atoms with Crippen LogP contribution in [-0.4, -0.2) is 5.71 Å². The first-order chi connectivity index (χ1) is 8.11. The highest BCUT2D eigenvalue weighted by atomic mass is 16.4. The highest BCUT2D eigenvalue weighted by Crippen LogP contribution is 2.27. The van der Waals surface area contributed by atoms with E-state index in [1.54, 1.807) is 0 Å². The Labute approximate surface area is 104 Å². The van der Waals surface area contributed by atoms with Crippen LogP contribution in [0.25, 0.3) is 0 Å². The van der Waals surface area contributed by atoms with Gasteiger partial charge in [-0.25, -0.2) is 5.16 Å². The van der Waals surface area contributed by atoms with E-state index in [-0.39, 0.29) is 5.41 Å². The fourth-order valence-electron chi connectivity index (χ4n) is 2.13. The van der Waals surface area contributed by atoms with E-state index >= 15 is 0 Å². The average molecular weight is 233 g/mol. The van der Waals surface area contributed by atoms with Crippen molar-refractivity contribution >= 4 is 5.71 Å². The smallest absolute Gasteiger partial charge is 0.198 e. The van der Waals surface area contributed by atoms with Crippen molar-refractivity contribution in [3.05, 3.63) is 41.1 Å². The van der Waals surface area contributed by atoms with E-state index in [0.717, 1.165) is 17.7 Å². The zero-order valence-electron chi connectivity index (χ0n) is 11.1. The minimum atomic E-state index is -0.0850. The summed E-state index contributed by atoms with van der Waals surface area (Å²) in [5.41, 5.74) is 1.72. The summed E-state index contributed by atoms with van der Waals surface area (Å²) in [4.78, 5) is 0. The van der Waals surface area contributed by atoms with Crippen LogP contribution in [0.2, 0.25) is 0 Å². The molecule has 1 N–H and O–H groups in total. The second-order valence-electron chi connectivity index (χ2n) is 5.18. The van der Waals surface area contributed by atoms with Gasteiger partial charge in [-0.05, 0) is 32.4 Å². The molecule has 0 spiro atoms. The maximum absolute atomic E-state index is 11.2. The van der Waals surface area contributed by atoms with Crippen molar-refractivity contribution in [1.82, 2.24) is 0 Å². The quantitative estimate of drug-likeness (QED) is 0.349. The Morgan fingerprint density at radius 3 is 2.35 bits per heavy atom. The Morgan fingerprint density at radius 1 is 1.18 bits per heavy atom. The van der Waals surface area contributed by atoms with Crippen molar-refractivity contribution in [2.75, 3.05) is 0 Å². The first kappa shape index (κ1) is 13.8. The molecule has 2 nitrogen and oxygen atoms in total. The molecule has 0 saturated carbocycles. The first-order valence-electron chi connectivity index (χ1n) is 6.43. The molecule has 1 aromatic carbocycles. The summed E-state index contributed by atoms with van der Waals surface area (Å²) in [6.07, 6.45) is 4.65. The van der Waals surface area contributed by atoms with Gasteiger partial charge in [-0.3, -0.25) is 0 Å². The molecule has 1 aromatic rings. The van der Waals surface area contributed by atoms with Crippen LogP contribution >= 0.6 is 0 Å². The van der Waals surface area contributed by atoms with Crippen molar-refractivity contribution < 1.29 is 5.16 Å². The van der Waals surface area contributed by atoms with Crippen LogP contribution in [0.5, 0.6) is 0 Å². The summed E-state index contributed by atoms with van der Waals surface area (Å²) in [6.45, 7) is 6.46. The number of hydrogen-bond acceptors (Lipinski definition) is 1. The summed E-state index contributed by atoms with van der Waals surface area (Å²) in [6, 6.07) is 9.88. The topological polar surface area (TPSA) is 37.0 Å². The van der Waals surface area contributed by atoms with Gasteiger partial charge in [0.05, 0.1) is 5.41 Å². The van der Waals surface area contributed by atoms with E-state index < -0.39 is 0 Å². The molecule has 0 radical (unpaired) electrons. The van der Waals surface area contributed by atoms with Crippen molar-refractivity contribution in [2.24, 2.45) is 5.41 Å². The Bertz CT molecular complexity index is 354. The van der Waals surface area contributed by atoms with Gasteiger partial charge in [-0.1, -0.05) is 44.4 Å². The molecule has 0 atom stereocenters.